The van der Waals surface area contributed by atoms with Crippen molar-refractivity contribution in [3.8, 4) is 0 Å². The zero-order chi connectivity index (χ0) is 14.3. The maximum absolute atomic E-state index is 13.9. The fourth-order valence-electron chi connectivity index (χ4n) is 2.64. The minimum Gasteiger partial charge on any atom is -0.399 e. The van der Waals surface area contributed by atoms with Crippen LogP contribution in [-0.2, 0) is 5.41 Å². The zero-order valence-corrected chi connectivity index (χ0v) is 11.3. The second kappa shape index (κ2) is 4.44. The SMILES string of the molecule is Cc1ccc(F)c(C(=O)C2(c3ccc(N)cc3)CC2)c1. The summed E-state index contributed by atoms with van der Waals surface area (Å²) < 4.78 is 13.9. The molecule has 1 aliphatic carbocycles. The lowest BCUT2D eigenvalue weighted by atomic mass is 9.87. The molecule has 1 fully saturated rings. The lowest BCUT2D eigenvalue weighted by Gasteiger charge is -2.15. The summed E-state index contributed by atoms with van der Waals surface area (Å²) in [5.74, 6) is -0.564. The first kappa shape index (κ1) is 12.9. The highest BCUT2D eigenvalue weighted by molar-refractivity contribution is 6.06. The average Bonchev–Trinajstić information content (AvgIpc) is 3.23. The van der Waals surface area contributed by atoms with Gasteiger partial charge in [-0.2, -0.15) is 0 Å². The van der Waals surface area contributed by atoms with Gasteiger partial charge in [-0.25, -0.2) is 4.39 Å². The molecule has 0 radical (unpaired) electrons. The molecule has 0 aromatic heterocycles. The average molecular weight is 269 g/mol. The van der Waals surface area contributed by atoms with E-state index in [1.807, 2.05) is 19.1 Å². The highest BCUT2D eigenvalue weighted by Crippen LogP contribution is 2.50. The summed E-state index contributed by atoms with van der Waals surface area (Å²) in [6.07, 6.45) is 1.53. The van der Waals surface area contributed by atoms with E-state index in [9.17, 15) is 9.18 Å². The molecule has 20 heavy (non-hydrogen) atoms. The normalized spacial score (nSPS) is 15.9. The van der Waals surface area contributed by atoms with Crippen LogP contribution >= 0.6 is 0 Å². The Kier molecular flexibility index (Phi) is 2.85. The third-order valence-corrected chi connectivity index (χ3v) is 4.01. The number of hydrogen-bond donors (Lipinski definition) is 1. The summed E-state index contributed by atoms with van der Waals surface area (Å²) >= 11 is 0. The van der Waals surface area contributed by atoms with Crippen molar-refractivity contribution in [2.45, 2.75) is 25.2 Å². The molecule has 2 N–H and O–H groups in total. The number of Topliss-reactive ketones (excluding diaryl/α,β-unsaturated/α-hetero) is 1. The Labute approximate surface area is 117 Å². The van der Waals surface area contributed by atoms with Gasteiger partial charge in [0.25, 0.3) is 0 Å². The molecular weight excluding hydrogens is 253 g/mol. The third-order valence-electron chi connectivity index (χ3n) is 4.01. The maximum atomic E-state index is 13.9. The van der Waals surface area contributed by atoms with E-state index in [0.29, 0.717) is 5.69 Å². The van der Waals surface area contributed by atoms with E-state index >= 15 is 0 Å². The Balaban J connectivity index is 2.01. The van der Waals surface area contributed by atoms with Crippen molar-refractivity contribution in [2.24, 2.45) is 0 Å². The minimum atomic E-state index is -0.553. The number of hydrogen-bond acceptors (Lipinski definition) is 2. The van der Waals surface area contributed by atoms with Crippen LogP contribution in [0, 0.1) is 12.7 Å². The predicted molar refractivity (Wildman–Crippen MR) is 77.2 cm³/mol. The molecule has 0 saturated heterocycles. The molecule has 3 rings (SSSR count). The summed E-state index contributed by atoms with van der Waals surface area (Å²) in [7, 11) is 0. The molecule has 1 aliphatic rings. The van der Waals surface area contributed by atoms with Crippen LogP contribution in [-0.4, -0.2) is 5.78 Å². The fraction of sp³-hybridized carbons (Fsp3) is 0.235. The Morgan fingerprint density at radius 2 is 1.80 bits per heavy atom. The summed E-state index contributed by atoms with van der Waals surface area (Å²) in [6.45, 7) is 1.86. The molecule has 0 unspecified atom stereocenters. The minimum absolute atomic E-state index is 0.122. The number of halogens is 1. The van der Waals surface area contributed by atoms with E-state index in [1.165, 1.54) is 6.07 Å². The van der Waals surface area contributed by atoms with Crippen molar-refractivity contribution in [3.63, 3.8) is 0 Å². The van der Waals surface area contributed by atoms with E-state index in [2.05, 4.69) is 0 Å². The summed E-state index contributed by atoms with van der Waals surface area (Å²) in [5.41, 5.74) is 7.80. The quantitative estimate of drug-likeness (QED) is 0.683. The third kappa shape index (κ3) is 1.99. The molecular formula is C17H16FNO. The van der Waals surface area contributed by atoms with Gasteiger partial charge in [0, 0.05) is 5.69 Å². The van der Waals surface area contributed by atoms with Crippen LogP contribution in [0.25, 0.3) is 0 Å². The van der Waals surface area contributed by atoms with E-state index in [-0.39, 0.29) is 11.3 Å². The van der Waals surface area contributed by atoms with Crippen LogP contribution in [0.3, 0.4) is 0 Å². The maximum Gasteiger partial charge on any atom is 0.176 e. The lowest BCUT2D eigenvalue weighted by Crippen LogP contribution is -2.22. The van der Waals surface area contributed by atoms with Gasteiger partial charge in [0.2, 0.25) is 0 Å². The van der Waals surface area contributed by atoms with Gasteiger partial charge in [-0.05, 0) is 49.6 Å². The molecule has 102 valence electrons. The Morgan fingerprint density at radius 3 is 2.40 bits per heavy atom. The van der Waals surface area contributed by atoms with E-state index in [0.717, 1.165) is 24.0 Å². The van der Waals surface area contributed by atoms with Gasteiger partial charge >= 0.3 is 0 Å². The highest BCUT2D eigenvalue weighted by Gasteiger charge is 2.51. The van der Waals surface area contributed by atoms with Gasteiger partial charge in [-0.3, -0.25) is 4.79 Å². The second-order valence-corrected chi connectivity index (χ2v) is 5.52. The predicted octanol–water partition coefficient (Wildman–Crippen LogP) is 3.63. The zero-order valence-electron chi connectivity index (χ0n) is 11.3. The van der Waals surface area contributed by atoms with Gasteiger partial charge < -0.3 is 5.73 Å². The van der Waals surface area contributed by atoms with E-state index in [4.69, 9.17) is 5.73 Å². The Hall–Kier alpha value is -2.16. The molecule has 0 aliphatic heterocycles. The van der Waals surface area contributed by atoms with Crippen molar-refractivity contribution in [1.82, 2.24) is 0 Å². The first-order chi connectivity index (χ1) is 9.53. The first-order valence-electron chi connectivity index (χ1n) is 6.70. The van der Waals surface area contributed by atoms with Crippen molar-refractivity contribution < 1.29 is 9.18 Å². The van der Waals surface area contributed by atoms with Crippen LogP contribution in [0.15, 0.2) is 42.5 Å². The Bertz CT molecular complexity index is 672. The van der Waals surface area contributed by atoms with Gasteiger partial charge in [0.1, 0.15) is 5.82 Å². The first-order valence-corrected chi connectivity index (χ1v) is 6.70. The number of nitrogens with two attached hydrogens (primary N) is 1. The number of carbonyl (C=O) groups excluding carboxylic acids is 1. The monoisotopic (exact) mass is 269 g/mol. The lowest BCUT2D eigenvalue weighted by molar-refractivity contribution is 0.0942. The molecule has 0 spiro atoms. The molecule has 2 aromatic carbocycles. The topological polar surface area (TPSA) is 43.1 Å². The highest BCUT2D eigenvalue weighted by atomic mass is 19.1. The molecule has 0 amide bonds. The van der Waals surface area contributed by atoms with Crippen molar-refractivity contribution in [2.75, 3.05) is 5.73 Å². The van der Waals surface area contributed by atoms with E-state index in [1.54, 1.807) is 24.3 Å². The molecule has 0 atom stereocenters. The smallest absolute Gasteiger partial charge is 0.176 e. The van der Waals surface area contributed by atoms with E-state index < -0.39 is 11.2 Å². The van der Waals surface area contributed by atoms with Crippen LogP contribution in [0.5, 0.6) is 0 Å². The number of aryl methyl sites for hydroxylation is 1. The number of rotatable bonds is 3. The molecule has 3 heteroatoms. The largest absolute Gasteiger partial charge is 0.399 e. The van der Waals surface area contributed by atoms with Gasteiger partial charge in [0.05, 0.1) is 11.0 Å². The molecule has 0 bridgehead atoms. The number of ketones is 1. The molecule has 0 heterocycles. The van der Waals surface area contributed by atoms with Crippen LogP contribution in [0.4, 0.5) is 10.1 Å². The molecule has 1 saturated carbocycles. The van der Waals surface area contributed by atoms with Crippen molar-refractivity contribution in [3.05, 3.63) is 65.0 Å². The van der Waals surface area contributed by atoms with Crippen LogP contribution in [0.1, 0.15) is 34.3 Å². The summed E-state index contributed by atoms with van der Waals surface area (Å²) in [6, 6.07) is 12.0. The van der Waals surface area contributed by atoms with Gasteiger partial charge in [-0.1, -0.05) is 23.8 Å². The fourth-order valence-corrected chi connectivity index (χ4v) is 2.64. The summed E-state index contributed by atoms with van der Waals surface area (Å²) in [5, 5.41) is 0. The number of anilines is 1. The standard InChI is InChI=1S/C17H16FNO/c1-11-2-7-15(18)14(10-11)16(20)17(8-9-17)12-3-5-13(19)6-4-12/h2-7,10H,8-9,19H2,1H3. The Morgan fingerprint density at radius 1 is 1.15 bits per heavy atom. The van der Waals surface area contributed by atoms with Gasteiger partial charge in [0.15, 0.2) is 5.78 Å². The molecule has 2 nitrogen and oxygen atoms in total. The number of nitrogen functional groups attached to an aromatic ring is 1. The van der Waals surface area contributed by atoms with Crippen molar-refractivity contribution >= 4 is 11.5 Å². The summed E-state index contributed by atoms with van der Waals surface area (Å²) in [4.78, 5) is 12.7. The number of benzene rings is 2. The molecule has 2 aromatic rings. The van der Waals surface area contributed by atoms with Crippen molar-refractivity contribution in [1.29, 1.82) is 0 Å². The van der Waals surface area contributed by atoms with Gasteiger partial charge in [-0.15, -0.1) is 0 Å². The number of carbonyl (C=O) groups is 1. The van der Waals surface area contributed by atoms with Crippen LogP contribution < -0.4 is 5.73 Å². The second-order valence-electron chi connectivity index (χ2n) is 5.52. The van der Waals surface area contributed by atoms with Crippen LogP contribution in [0.2, 0.25) is 0 Å².